The molecule has 5 nitrogen and oxygen atoms in total. The Morgan fingerprint density at radius 3 is 2.63 bits per heavy atom. The Labute approximate surface area is 164 Å². The van der Waals surface area contributed by atoms with Gasteiger partial charge in [-0.15, -0.1) is 11.8 Å². The molecule has 1 saturated heterocycles. The number of nitrogens with zero attached hydrogens (tertiary/aromatic N) is 1. The summed E-state index contributed by atoms with van der Waals surface area (Å²) >= 11 is 1.58. The Bertz CT molecular complexity index is 861. The van der Waals surface area contributed by atoms with Crippen LogP contribution in [-0.4, -0.2) is 24.7 Å². The molecular weight excluding hydrogens is 360 g/mol. The van der Waals surface area contributed by atoms with Crippen LogP contribution in [0.5, 0.6) is 5.75 Å². The van der Waals surface area contributed by atoms with Crippen LogP contribution < -0.4 is 15.0 Å². The summed E-state index contributed by atoms with van der Waals surface area (Å²) in [5, 5.41) is 2.82. The van der Waals surface area contributed by atoms with Gasteiger partial charge in [0.25, 0.3) is 0 Å². The summed E-state index contributed by atoms with van der Waals surface area (Å²) in [6, 6.07) is 15.2. The summed E-state index contributed by atoms with van der Waals surface area (Å²) in [6.45, 7) is 5.63. The van der Waals surface area contributed by atoms with Gasteiger partial charge in [0.2, 0.25) is 11.8 Å². The van der Waals surface area contributed by atoms with Crippen molar-refractivity contribution in [3.63, 3.8) is 0 Å². The maximum absolute atomic E-state index is 12.5. The number of benzene rings is 2. The van der Waals surface area contributed by atoms with Crippen LogP contribution in [0.15, 0.2) is 48.5 Å². The Morgan fingerprint density at radius 2 is 1.93 bits per heavy atom. The van der Waals surface area contributed by atoms with Gasteiger partial charge < -0.3 is 10.1 Å². The predicted octanol–water partition coefficient (Wildman–Crippen LogP) is 4.46. The molecule has 1 N–H and O–H groups in total. The standard InChI is InChI=1S/C21H24N2O3S/c1-21(2,3)20(25)22-15-8-5-7-14(11-15)19-23(18(24)13-27-19)16-9-6-10-17(12-16)26-4/h5-12,19H,13H2,1-4H3,(H,22,25)/t19-/m1/s1. The van der Waals surface area contributed by atoms with Gasteiger partial charge in [-0.05, 0) is 29.8 Å². The summed E-state index contributed by atoms with van der Waals surface area (Å²) in [5.74, 6) is 1.14. The number of anilines is 2. The van der Waals surface area contributed by atoms with Gasteiger partial charge in [0.1, 0.15) is 11.1 Å². The summed E-state index contributed by atoms with van der Waals surface area (Å²) in [5.41, 5.74) is 2.04. The number of amides is 2. The van der Waals surface area contributed by atoms with Gasteiger partial charge in [0, 0.05) is 22.9 Å². The predicted molar refractivity (Wildman–Crippen MR) is 110 cm³/mol. The van der Waals surface area contributed by atoms with E-state index in [0.717, 1.165) is 16.9 Å². The molecule has 3 rings (SSSR count). The van der Waals surface area contributed by atoms with Gasteiger partial charge in [-0.25, -0.2) is 0 Å². The number of carbonyl (C=O) groups is 2. The summed E-state index contributed by atoms with van der Waals surface area (Å²) in [6.07, 6.45) is 0. The van der Waals surface area contributed by atoms with Gasteiger partial charge in [-0.1, -0.05) is 39.0 Å². The normalized spacial score (nSPS) is 17.1. The highest BCUT2D eigenvalue weighted by Crippen LogP contribution is 2.42. The molecule has 27 heavy (non-hydrogen) atoms. The molecule has 0 unspecified atom stereocenters. The molecule has 2 amide bonds. The van der Waals surface area contributed by atoms with E-state index in [1.54, 1.807) is 23.8 Å². The van der Waals surface area contributed by atoms with Crippen molar-refractivity contribution in [1.29, 1.82) is 0 Å². The fourth-order valence-corrected chi connectivity index (χ4v) is 3.97. The first-order valence-electron chi connectivity index (χ1n) is 8.79. The Kier molecular flexibility index (Phi) is 5.46. The third-order valence-electron chi connectivity index (χ3n) is 4.31. The Balaban J connectivity index is 1.89. The number of rotatable bonds is 4. The molecule has 2 aromatic rings. The number of nitrogens with one attached hydrogen (secondary N) is 1. The minimum absolute atomic E-state index is 0.0422. The number of carbonyl (C=O) groups excluding carboxylic acids is 2. The van der Waals surface area contributed by atoms with E-state index in [4.69, 9.17) is 4.74 Å². The molecule has 1 atom stereocenters. The maximum Gasteiger partial charge on any atom is 0.238 e. The lowest BCUT2D eigenvalue weighted by molar-refractivity contribution is -0.123. The van der Waals surface area contributed by atoms with Crippen LogP contribution in [0.4, 0.5) is 11.4 Å². The molecule has 1 heterocycles. The SMILES string of the molecule is COc1cccc(N2C(=O)CS[C@@H]2c2cccc(NC(=O)C(C)(C)C)c2)c1. The fraction of sp³-hybridized carbons (Fsp3) is 0.333. The van der Waals surface area contributed by atoms with Crippen molar-refractivity contribution in [2.75, 3.05) is 23.1 Å². The lowest BCUT2D eigenvalue weighted by Gasteiger charge is -2.25. The highest BCUT2D eigenvalue weighted by Gasteiger charge is 2.34. The van der Waals surface area contributed by atoms with Crippen molar-refractivity contribution in [2.24, 2.45) is 5.41 Å². The lowest BCUT2D eigenvalue weighted by atomic mass is 9.95. The highest BCUT2D eigenvalue weighted by atomic mass is 32.2. The van der Waals surface area contributed by atoms with Crippen molar-refractivity contribution in [1.82, 2.24) is 0 Å². The molecule has 0 radical (unpaired) electrons. The molecule has 1 aliphatic rings. The quantitative estimate of drug-likeness (QED) is 0.846. The zero-order valence-electron chi connectivity index (χ0n) is 16.0. The minimum atomic E-state index is -0.472. The second-order valence-electron chi connectivity index (χ2n) is 7.46. The van der Waals surface area contributed by atoms with Crippen LogP contribution in [0.3, 0.4) is 0 Å². The smallest absolute Gasteiger partial charge is 0.238 e. The van der Waals surface area contributed by atoms with Crippen molar-refractivity contribution in [3.8, 4) is 5.75 Å². The van der Waals surface area contributed by atoms with Crippen LogP contribution in [-0.2, 0) is 9.59 Å². The van der Waals surface area contributed by atoms with E-state index in [-0.39, 0.29) is 17.2 Å². The van der Waals surface area contributed by atoms with Crippen LogP contribution >= 0.6 is 11.8 Å². The van der Waals surface area contributed by atoms with Crippen molar-refractivity contribution < 1.29 is 14.3 Å². The van der Waals surface area contributed by atoms with E-state index in [9.17, 15) is 9.59 Å². The Hall–Kier alpha value is -2.47. The van der Waals surface area contributed by atoms with Crippen LogP contribution in [0.1, 0.15) is 31.7 Å². The monoisotopic (exact) mass is 384 g/mol. The van der Waals surface area contributed by atoms with E-state index in [1.807, 2.05) is 69.3 Å². The van der Waals surface area contributed by atoms with E-state index in [0.29, 0.717) is 11.5 Å². The molecule has 0 saturated carbocycles. The number of methoxy groups -OCH3 is 1. The number of ether oxygens (including phenoxy) is 1. The summed E-state index contributed by atoms with van der Waals surface area (Å²) in [7, 11) is 1.61. The van der Waals surface area contributed by atoms with Crippen molar-refractivity contribution in [2.45, 2.75) is 26.1 Å². The van der Waals surface area contributed by atoms with E-state index in [1.165, 1.54) is 0 Å². The van der Waals surface area contributed by atoms with Crippen LogP contribution in [0.2, 0.25) is 0 Å². The van der Waals surface area contributed by atoms with E-state index < -0.39 is 5.41 Å². The van der Waals surface area contributed by atoms with Gasteiger partial charge in [0.05, 0.1) is 12.9 Å². The number of hydrogen-bond acceptors (Lipinski definition) is 4. The average molecular weight is 385 g/mol. The number of thioether (sulfide) groups is 1. The molecule has 0 aromatic heterocycles. The molecule has 1 aliphatic heterocycles. The zero-order valence-corrected chi connectivity index (χ0v) is 16.8. The highest BCUT2D eigenvalue weighted by molar-refractivity contribution is 8.00. The second kappa shape index (κ2) is 7.64. The first kappa shape index (κ1) is 19.3. The van der Waals surface area contributed by atoms with Gasteiger partial charge >= 0.3 is 0 Å². The minimum Gasteiger partial charge on any atom is -0.497 e. The van der Waals surface area contributed by atoms with Gasteiger partial charge in [-0.3, -0.25) is 14.5 Å². The summed E-state index contributed by atoms with van der Waals surface area (Å²) < 4.78 is 5.29. The summed E-state index contributed by atoms with van der Waals surface area (Å²) in [4.78, 5) is 26.6. The van der Waals surface area contributed by atoms with Gasteiger partial charge in [0.15, 0.2) is 0 Å². The van der Waals surface area contributed by atoms with Gasteiger partial charge in [-0.2, -0.15) is 0 Å². The average Bonchev–Trinajstić information content (AvgIpc) is 3.03. The van der Waals surface area contributed by atoms with Crippen LogP contribution in [0.25, 0.3) is 0 Å². The lowest BCUT2D eigenvalue weighted by Crippen LogP contribution is -2.28. The largest absolute Gasteiger partial charge is 0.497 e. The zero-order chi connectivity index (χ0) is 19.6. The van der Waals surface area contributed by atoms with Crippen LogP contribution in [0, 0.1) is 5.41 Å². The Morgan fingerprint density at radius 1 is 1.19 bits per heavy atom. The van der Waals surface area contributed by atoms with E-state index in [2.05, 4.69) is 5.32 Å². The first-order valence-corrected chi connectivity index (χ1v) is 9.83. The number of hydrogen-bond donors (Lipinski definition) is 1. The first-order chi connectivity index (χ1) is 12.8. The van der Waals surface area contributed by atoms with E-state index >= 15 is 0 Å². The molecule has 1 fully saturated rings. The topological polar surface area (TPSA) is 58.6 Å². The third-order valence-corrected chi connectivity index (χ3v) is 5.52. The fourth-order valence-electron chi connectivity index (χ4n) is 2.80. The molecule has 142 valence electrons. The molecule has 0 bridgehead atoms. The van der Waals surface area contributed by atoms with Crippen molar-refractivity contribution >= 4 is 35.0 Å². The molecule has 0 spiro atoms. The molecule has 2 aromatic carbocycles. The molecular formula is C21H24N2O3S. The van der Waals surface area contributed by atoms with Crippen molar-refractivity contribution in [3.05, 3.63) is 54.1 Å². The molecule has 6 heteroatoms. The molecule has 0 aliphatic carbocycles. The second-order valence-corrected chi connectivity index (χ2v) is 8.53. The third kappa shape index (κ3) is 4.27. The maximum atomic E-state index is 12.5.